The Morgan fingerprint density at radius 2 is 2.31 bits per heavy atom. The molecule has 16 heavy (non-hydrogen) atoms. The molecular formula is C9H13N5OS. The third-order valence-electron chi connectivity index (χ3n) is 2.30. The molecule has 0 unspecified atom stereocenters. The third kappa shape index (κ3) is 1.63. The van der Waals surface area contributed by atoms with Crippen LogP contribution in [0.2, 0.25) is 0 Å². The van der Waals surface area contributed by atoms with Crippen LogP contribution in [-0.4, -0.2) is 31.7 Å². The Labute approximate surface area is 97.9 Å². The van der Waals surface area contributed by atoms with E-state index in [2.05, 4.69) is 15.3 Å². The summed E-state index contributed by atoms with van der Waals surface area (Å²) in [5.74, 6) is 1.30. The molecule has 0 amide bonds. The molecule has 7 heteroatoms. The maximum atomic E-state index is 5.20. The molecule has 0 aliphatic rings. The van der Waals surface area contributed by atoms with Crippen LogP contribution in [-0.2, 0) is 13.6 Å². The van der Waals surface area contributed by atoms with E-state index in [1.807, 2.05) is 24.7 Å². The molecule has 2 aromatic rings. The standard InChI is InChI=1S/C9H13N5OS/c1-4-14-7(10-11-9(14)16)6-5-13(2)12-8(6)15-3/h5H,4H2,1-3H3,(H,11,16). The summed E-state index contributed by atoms with van der Waals surface area (Å²) in [6, 6.07) is 0. The number of hydrogen-bond acceptors (Lipinski definition) is 4. The van der Waals surface area contributed by atoms with E-state index in [0.29, 0.717) is 10.7 Å². The molecule has 0 radical (unpaired) electrons. The number of H-pyrrole nitrogens is 1. The predicted octanol–water partition coefficient (Wildman–Crippen LogP) is 1.37. The number of nitrogens with one attached hydrogen (secondary N) is 1. The summed E-state index contributed by atoms with van der Waals surface area (Å²) in [4.78, 5) is 0. The highest BCUT2D eigenvalue weighted by atomic mass is 32.1. The molecule has 0 spiro atoms. The molecule has 86 valence electrons. The van der Waals surface area contributed by atoms with Crippen LogP contribution >= 0.6 is 12.2 Å². The molecule has 0 fully saturated rings. The summed E-state index contributed by atoms with van der Waals surface area (Å²) < 4.78 is 9.38. The number of hydrogen-bond donors (Lipinski definition) is 1. The molecule has 2 rings (SSSR count). The van der Waals surface area contributed by atoms with Gasteiger partial charge in [-0.25, -0.2) is 0 Å². The molecule has 2 aromatic heterocycles. The minimum atomic E-state index is 0.547. The molecule has 1 N–H and O–H groups in total. The highest BCUT2D eigenvalue weighted by Gasteiger charge is 2.16. The van der Waals surface area contributed by atoms with Crippen LogP contribution < -0.4 is 4.74 Å². The van der Waals surface area contributed by atoms with Gasteiger partial charge in [-0.15, -0.1) is 5.10 Å². The predicted molar refractivity (Wildman–Crippen MR) is 61.8 cm³/mol. The molecule has 0 aromatic carbocycles. The lowest BCUT2D eigenvalue weighted by molar-refractivity contribution is 0.393. The summed E-state index contributed by atoms with van der Waals surface area (Å²) >= 11 is 5.14. The van der Waals surface area contributed by atoms with Crippen LogP contribution in [0, 0.1) is 4.77 Å². The highest BCUT2D eigenvalue weighted by Crippen LogP contribution is 2.26. The van der Waals surface area contributed by atoms with E-state index in [0.717, 1.165) is 17.9 Å². The van der Waals surface area contributed by atoms with E-state index < -0.39 is 0 Å². The van der Waals surface area contributed by atoms with Crippen molar-refractivity contribution in [1.29, 1.82) is 0 Å². The van der Waals surface area contributed by atoms with E-state index in [9.17, 15) is 0 Å². The Bertz CT molecular complexity index is 552. The zero-order chi connectivity index (χ0) is 11.7. The van der Waals surface area contributed by atoms with Crippen LogP contribution in [0.4, 0.5) is 0 Å². The summed E-state index contributed by atoms with van der Waals surface area (Å²) in [5.41, 5.74) is 0.833. The molecule has 0 aliphatic heterocycles. The Morgan fingerprint density at radius 1 is 1.56 bits per heavy atom. The summed E-state index contributed by atoms with van der Waals surface area (Å²) in [6.45, 7) is 2.76. The minimum Gasteiger partial charge on any atom is -0.479 e. The largest absolute Gasteiger partial charge is 0.479 e. The smallest absolute Gasteiger partial charge is 0.243 e. The SMILES string of the molecule is CCn1c(-c2cn(C)nc2OC)n[nH]c1=S. The van der Waals surface area contributed by atoms with Gasteiger partial charge in [-0.3, -0.25) is 9.78 Å². The van der Waals surface area contributed by atoms with Crippen molar-refractivity contribution in [2.75, 3.05) is 7.11 Å². The van der Waals surface area contributed by atoms with Crippen LogP contribution in [0.3, 0.4) is 0 Å². The van der Waals surface area contributed by atoms with Crippen LogP contribution in [0.15, 0.2) is 6.20 Å². The second-order valence-electron chi connectivity index (χ2n) is 3.32. The number of aromatic amines is 1. The van der Waals surface area contributed by atoms with Gasteiger partial charge in [-0.1, -0.05) is 0 Å². The Morgan fingerprint density at radius 3 is 2.94 bits per heavy atom. The van der Waals surface area contributed by atoms with Gasteiger partial charge in [0.25, 0.3) is 0 Å². The zero-order valence-electron chi connectivity index (χ0n) is 9.39. The number of aryl methyl sites for hydroxylation is 1. The van der Waals surface area contributed by atoms with Crippen molar-refractivity contribution in [2.24, 2.45) is 7.05 Å². The quantitative estimate of drug-likeness (QED) is 0.822. The van der Waals surface area contributed by atoms with Crippen molar-refractivity contribution in [3.05, 3.63) is 11.0 Å². The first-order chi connectivity index (χ1) is 7.67. The first kappa shape index (κ1) is 10.9. The van der Waals surface area contributed by atoms with Gasteiger partial charge >= 0.3 is 0 Å². The van der Waals surface area contributed by atoms with E-state index >= 15 is 0 Å². The summed E-state index contributed by atoms with van der Waals surface area (Å²) in [5, 5.41) is 11.1. The number of methoxy groups -OCH3 is 1. The molecule has 0 atom stereocenters. The van der Waals surface area contributed by atoms with E-state index in [1.165, 1.54) is 0 Å². The van der Waals surface area contributed by atoms with Gasteiger partial charge in [0.1, 0.15) is 5.56 Å². The first-order valence-corrected chi connectivity index (χ1v) is 5.31. The highest BCUT2D eigenvalue weighted by molar-refractivity contribution is 7.71. The lowest BCUT2D eigenvalue weighted by atomic mass is 10.3. The van der Waals surface area contributed by atoms with Gasteiger partial charge in [0, 0.05) is 19.8 Å². The Balaban J connectivity index is 2.62. The second-order valence-corrected chi connectivity index (χ2v) is 3.71. The van der Waals surface area contributed by atoms with Crippen molar-refractivity contribution in [2.45, 2.75) is 13.5 Å². The molecule has 0 bridgehead atoms. The fraction of sp³-hybridized carbons (Fsp3) is 0.444. The van der Waals surface area contributed by atoms with E-state index in [4.69, 9.17) is 17.0 Å². The van der Waals surface area contributed by atoms with Gasteiger partial charge in [0.05, 0.1) is 7.11 Å². The van der Waals surface area contributed by atoms with Gasteiger partial charge in [0.15, 0.2) is 10.6 Å². The van der Waals surface area contributed by atoms with E-state index in [-0.39, 0.29) is 0 Å². The minimum absolute atomic E-state index is 0.547. The molecule has 0 saturated carbocycles. The Hall–Kier alpha value is -1.63. The lowest BCUT2D eigenvalue weighted by Gasteiger charge is -2.02. The lowest BCUT2D eigenvalue weighted by Crippen LogP contribution is -1.98. The maximum Gasteiger partial charge on any atom is 0.243 e. The number of ether oxygens (including phenoxy) is 1. The van der Waals surface area contributed by atoms with Crippen molar-refractivity contribution in [1.82, 2.24) is 24.5 Å². The maximum absolute atomic E-state index is 5.20. The first-order valence-electron chi connectivity index (χ1n) is 4.90. The van der Waals surface area contributed by atoms with Gasteiger partial charge in [0.2, 0.25) is 5.88 Å². The average molecular weight is 239 g/mol. The van der Waals surface area contributed by atoms with Crippen LogP contribution in [0.1, 0.15) is 6.92 Å². The average Bonchev–Trinajstić information content (AvgIpc) is 2.81. The van der Waals surface area contributed by atoms with Crippen LogP contribution in [0.25, 0.3) is 11.4 Å². The number of aromatic nitrogens is 5. The third-order valence-corrected chi connectivity index (χ3v) is 2.62. The molecule has 6 nitrogen and oxygen atoms in total. The normalized spacial score (nSPS) is 10.7. The summed E-state index contributed by atoms with van der Waals surface area (Å²) in [7, 11) is 3.42. The number of rotatable bonds is 3. The van der Waals surface area contributed by atoms with Crippen molar-refractivity contribution in [3.8, 4) is 17.3 Å². The fourth-order valence-corrected chi connectivity index (χ4v) is 1.85. The molecule has 2 heterocycles. The monoisotopic (exact) mass is 239 g/mol. The van der Waals surface area contributed by atoms with Crippen molar-refractivity contribution in [3.63, 3.8) is 0 Å². The summed E-state index contributed by atoms with van der Waals surface area (Å²) in [6.07, 6.45) is 1.86. The van der Waals surface area contributed by atoms with E-state index in [1.54, 1.807) is 11.8 Å². The zero-order valence-corrected chi connectivity index (χ0v) is 10.2. The van der Waals surface area contributed by atoms with Gasteiger partial charge in [-0.2, -0.15) is 5.10 Å². The molecule has 0 saturated heterocycles. The molecular weight excluding hydrogens is 226 g/mol. The Kier molecular flexibility index (Phi) is 2.78. The number of nitrogens with zero attached hydrogens (tertiary/aromatic N) is 4. The second kappa shape index (κ2) is 4.09. The van der Waals surface area contributed by atoms with Crippen molar-refractivity contribution < 1.29 is 4.74 Å². The fourth-order valence-electron chi connectivity index (χ4n) is 1.59. The van der Waals surface area contributed by atoms with Gasteiger partial charge < -0.3 is 9.30 Å². The van der Waals surface area contributed by atoms with Crippen LogP contribution in [0.5, 0.6) is 5.88 Å². The topological polar surface area (TPSA) is 60.7 Å². The van der Waals surface area contributed by atoms with Gasteiger partial charge in [-0.05, 0) is 19.1 Å². The van der Waals surface area contributed by atoms with Crippen molar-refractivity contribution >= 4 is 12.2 Å². The molecule has 0 aliphatic carbocycles.